The summed E-state index contributed by atoms with van der Waals surface area (Å²) in [5.74, 6) is 0.261. The molecule has 106 valence electrons. The molecule has 2 fully saturated rings. The molecular formula is C15H19N3O2. The van der Waals surface area contributed by atoms with E-state index in [9.17, 15) is 5.11 Å². The zero-order valence-corrected chi connectivity index (χ0v) is 11.4. The molecule has 2 aliphatic rings. The Bertz CT molecular complexity index is 620. The largest absolute Gasteiger partial charge is 0.388 e. The molecule has 3 heterocycles. The van der Waals surface area contributed by atoms with Gasteiger partial charge in [-0.1, -0.05) is 0 Å². The summed E-state index contributed by atoms with van der Waals surface area (Å²) >= 11 is 0. The average molecular weight is 273 g/mol. The summed E-state index contributed by atoms with van der Waals surface area (Å²) in [5, 5.41) is 15.0. The Morgan fingerprint density at radius 3 is 3.10 bits per heavy atom. The molecule has 0 aromatic carbocycles. The van der Waals surface area contributed by atoms with Crippen LogP contribution in [0.1, 0.15) is 43.8 Å². The molecule has 2 aromatic heterocycles. The van der Waals surface area contributed by atoms with Gasteiger partial charge in [-0.05, 0) is 38.0 Å². The van der Waals surface area contributed by atoms with Crippen LogP contribution in [0.3, 0.4) is 0 Å². The molecule has 5 heteroatoms. The fourth-order valence-corrected chi connectivity index (χ4v) is 3.59. The number of rotatable bonds is 2. The number of nitrogens with zero attached hydrogens (tertiary/aromatic N) is 3. The maximum Gasteiger partial charge on any atom is 0.0903 e. The van der Waals surface area contributed by atoms with Gasteiger partial charge in [-0.25, -0.2) is 4.52 Å². The SMILES string of the molecule is OC(c1cnn2ccncc12)C1CCOC2(CCC2)C1. The van der Waals surface area contributed by atoms with Crippen molar-refractivity contribution >= 4 is 5.52 Å². The summed E-state index contributed by atoms with van der Waals surface area (Å²) in [7, 11) is 0. The lowest BCUT2D eigenvalue weighted by atomic mass is 9.70. The Morgan fingerprint density at radius 1 is 1.40 bits per heavy atom. The van der Waals surface area contributed by atoms with Crippen molar-refractivity contribution in [2.75, 3.05) is 6.61 Å². The van der Waals surface area contributed by atoms with E-state index in [4.69, 9.17) is 4.74 Å². The molecule has 0 bridgehead atoms. The van der Waals surface area contributed by atoms with Crippen LogP contribution < -0.4 is 0 Å². The van der Waals surface area contributed by atoms with Gasteiger partial charge >= 0.3 is 0 Å². The van der Waals surface area contributed by atoms with Crippen LogP contribution in [0.15, 0.2) is 24.8 Å². The van der Waals surface area contributed by atoms with Gasteiger partial charge in [0.05, 0.1) is 29.6 Å². The van der Waals surface area contributed by atoms with E-state index >= 15 is 0 Å². The Kier molecular flexibility index (Phi) is 2.79. The minimum atomic E-state index is -0.474. The maximum atomic E-state index is 10.7. The Balaban J connectivity index is 1.61. The topological polar surface area (TPSA) is 59.7 Å². The summed E-state index contributed by atoms with van der Waals surface area (Å²) in [6, 6.07) is 0. The van der Waals surface area contributed by atoms with Crippen LogP contribution in [-0.2, 0) is 4.74 Å². The van der Waals surface area contributed by atoms with Gasteiger partial charge in [-0.2, -0.15) is 5.10 Å². The van der Waals surface area contributed by atoms with Gasteiger partial charge in [-0.15, -0.1) is 0 Å². The van der Waals surface area contributed by atoms with Crippen molar-refractivity contribution in [3.05, 3.63) is 30.4 Å². The number of aliphatic hydroxyl groups excluding tert-OH is 1. The van der Waals surface area contributed by atoms with E-state index in [1.165, 1.54) is 6.42 Å². The molecule has 1 aliphatic heterocycles. The molecule has 2 aromatic rings. The third kappa shape index (κ3) is 1.84. The molecule has 1 aliphatic carbocycles. The van der Waals surface area contributed by atoms with Crippen molar-refractivity contribution in [1.29, 1.82) is 0 Å². The van der Waals surface area contributed by atoms with Gasteiger partial charge in [0, 0.05) is 24.6 Å². The van der Waals surface area contributed by atoms with Crippen molar-refractivity contribution in [3.63, 3.8) is 0 Å². The van der Waals surface area contributed by atoms with E-state index in [0.29, 0.717) is 0 Å². The van der Waals surface area contributed by atoms with E-state index < -0.39 is 6.10 Å². The molecule has 2 unspecified atom stereocenters. The van der Waals surface area contributed by atoms with Gasteiger partial charge in [0.15, 0.2) is 0 Å². The molecule has 1 N–H and O–H groups in total. The predicted molar refractivity (Wildman–Crippen MR) is 73.2 cm³/mol. The number of fused-ring (bicyclic) bond motifs is 1. The van der Waals surface area contributed by atoms with Crippen LogP contribution >= 0.6 is 0 Å². The maximum absolute atomic E-state index is 10.7. The second-order valence-electron chi connectivity index (χ2n) is 6.09. The first-order chi connectivity index (χ1) is 9.77. The Morgan fingerprint density at radius 2 is 2.30 bits per heavy atom. The first kappa shape index (κ1) is 12.3. The molecule has 1 spiro atoms. The highest BCUT2D eigenvalue weighted by atomic mass is 16.5. The first-order valence-electron chi connectivity index (χ1n) is 7.37. The highest BCUT2D eigenvalue weighted by Crippen LogP contribution is 2.47. The van der Waals surface area contributed by atoms with Crippen LogP contribution in [0, 0.1) is 5.92 Å². The quantitative estimate of drug-likeness (QED) is 0.910. The van der Waals surface area contributed by atoms with E-state index in [1.54, 1.807) is 23.1 Å². The fraction of sp³-hybridized carbons (Fsp3) is 0.600. The van der Waals surface area contributed by atoms with Gasteiger partial charge in [-0.3, -0.25) is 4.98 Å². The molecule has 1 saturated carbocycles. The second-order valence-corrected chi connectivity index (χ2v) is 6.09. The minimum Gasteiger partial charge on any atom is -0.388 e. The highest BCUT2D eigenvalue weighted by molar-refractivity contribution is 5.52. The summed E-state index contributed by atoms with van der Waals surface area (Å²) in [6.45, 7) is 0.763. The van der Waals surface area contributed by atoms with Crippen LogP contribution in [0.25, 0.3) is 5.52 Å². The normalized spacial score (nSPS) is 26.6. The monoisotopic (exact) mass is 273 g/mol. The van der Waals surface area contributed by atoms with Crippen LogP contribution in [0.2, 0.25) is 0 Å². The molecule has 0 amide bonds. The predicted octanol–water partition coefficient (Wildman–Crippen LogP) is 2.11. The molecule has 5 nitrogen and oxygen atoms in total. The summed E-state index contributed by atoms with van der Waals surface area (Å²) in [4.78, 5) is 4.13. The van der Waals surface area contributed by atoms with Gasteiger partial charge in [0.2, 0.25) is 0 Å². The van der Waals surface area contributed by atoms with Crippen molar-refractivity contribution in [2.45, 2.75) is 43.8 Å². The van der Waals surface area contributed by atoms with Gasteiger partial charge in [0.25, 0.3) is 0 Å². The third-order valence-corrected chi connectivity index (χ3v) is 4.92. The van der Waals surface area contributed by atoms with Crippen LogP contribution in [0.5, 0.6) is 0 Å². The van der Waals surface area contributed by atoms with Crippen molar-refractivity contribution in [2.24, 2.45) is 5.92 Å². The molecular weight excluding hydrogens is 254 g/mol. The lowest BCUT2D eigenvalue weighted by molar-refractivity contribution is -0.157. The van der Waals surface area contributed by atoms with E-state index in [1.807, 2.05) is 6.20 Å². The standard InChI is InChI=1S/C15H19N3O2/c19-14(11-2-7-20-15(8-11)3-1-4-15)12-9-17-18-6-5-16-10-13(12)18/h5-6,9-11,14,19H,1-4,7-8H2. The number of aromatic nitrogens is 3. The summed E-state index contributed by atoms with van der Waals surface area (Å²) < 4.78 is 7.71. The summed E-state index contributed by atoms with van der Waals surface area (Å²) in [6.07, 6.45) is 12.0. The molecule has 1 saturated heterocycles. The number of ether oxygens (including phenoxy) is 1. The van der Waals surface area contributed by atoms with Gasteiger partial charge < -0.3 is 9.84 Å². The zero-order valence-electron chi connectivity index (χ0n) is 11.4. The lowest BCUT2D eigenvalue weighted by Crippen LogP contribution is -2.46. The zero-order chi connectivity index (χ0) is 13.6. The second kappa shape index (κ2) is 4.53. The Hall–Kier alpha value is -1.46. The number of hydrogen-bond acceptors (Lipinski definition) is 4. The Labute approximate surface area is 117 Å². The van der Waals surface area contributed by atoms with Crippen molar-refractivity contribution < 1.29 is 9.84 Å². The van der Waals surface area contributed by atoms with Crippen LogP contribution in [0.4, 0.5) is 0 Å². The highest BCUT2D eigenvalue weighted by Gasteiger charge is 2.44. The van der Waals surface area contributed by atoms with E-state index in [0.717, 1.165) is 43.4 Å². The molecule has 4 rings (SSSR count). The minimum absolute atomic E-state index is 0.0606. The smallest absolute Gasteiger partial charge is 0.0903 e. The molecule has 20 heavy (non-hydrogen) atoms. The first-order valence-corrected chi connectivity index (χ1v) is 7.37. The lowest BCUT2D eigenvalue weighted by Gasteiger charge is -2.48. The average Bonchev–Trinajstić information content (AvgIpc) is 2.89. The van der Waals surface area contributed by atoms with Crippen molar-refractivity contribution in [3.8, 4) is 0 Å². The summed E-state index contributed by atoms with van der Waals surface area (Å²) in [5.41, 5.74) is 1.85. The van der Waals surface area contributed by atoms with Crippen molar-refractivity contribution in [1.82, 2.24) is 14.6 Å². The van der Waals surface area contributed by atoms with E-state index in [-0.39, 0.29) is 11.5 Å². The number of hydrogen-bond donors (Lipinski definition) is 1. The molecule has 2 atom stereocenters. The van der Waals surface area contributed by atoms with Gasteiger partial charge in [0.1, 0.15) is 0 Å². The van der Waals surface area contributed by atoms with E-state index in [2.05, 4.69) is 10.1 Å². The molecule has 0 radical (unpaired) electrons. The third-order valence-electron chi connectivity index (χ3n) is 4.92. The van der Waals surface area contributed by atoms with Crippen LogP contribution in [-0.4, -0.2) is 31.9 Å². The fourth-order valence-electron chi connectivity index (χ4n) is 3.59. The number of aliphatic hydroxyl groups is 1.